The van der Waals surface area contributed by atoms with E-state index in [1.165, 1.54) is 0 Å². The van der Waals surface area contributed by atoms with Crippen LogP contribution in [0.1, 0.15) is 25.3 Å². The Morgan fingerprint density at radius 1 is 1.22 bits per heavy atom. The van der Waals surface area contributed by atoms with Crippen LogP contribution in [0.3, 0.4) is 0 Å². The van der Waals surface area contributed by atoms with Crippen molar-refractivity contribution in [3.8, 4) is 6.01 Å². The molecule has 0 bridgehead atoms. The van der Waals surface area contributed by atoms with Gasteiger partial charge >= 0.3 is 6.01 Å². The van der Waals surface area contributed by atoms with Crippen LogP contribution < -0.4 is 4.74 Å². The number of ether oxygens (including phenoxy) is 2. The van der Waals surface area contributed by atoms with E-state index in [2.05, 4.69) is 15.0 Å². The molecule has 1 rings (SSSR count). The van der Waals surface area contributed by atoms with Gasteiger partial charge in [-0.2, -0.15) is 15.0 Å². The van der Waals surface area contributed by atoms with Gasteiger partial charge in [0.2, 0.25) is 5.28 Å². The average molecular weight is 278 g/mol. The lowest BCUT2D eigenvalue weighted by Crippen LogP contribution is -2.16. The summed E-state index contributed by atoms with van der Waals surface area (Å²) < 4.78 is 10.4. The number of nitrogens with zero attached hydrogens (tertiary/aromatic N) is 3. The minimum Gasteiger partial charge on any atom is -0.463 e. The van der Waals surface area contributed by atoms with E-state index in [1.807, 2.05) is 6.92 Å². The van der Waals surface area contributed by atoms with E-state index < -0.39 is 6.10 Å². The summed E-state index contributed by atoms with van der Waals surface area (Å²) in [6.45, 7) is 1.99. The second-order valence-electron chi connectivity index (χ2n) is 3.36. The lowest BCUT2D eigenvalue weighted by atomic mass is 10.3. The van der Waals surface area contributed by atoms with Gasteiger partial charge in [0.05, 0.1) is 26.4 Å². The molecule has 18 heavy (non-hydrogen) atoms. The molecule has 0 aliphatic rings. The third kappa shape index (κ3) is 4.69. The standard InChI is InChI=1S/C10H16ClN3O4/c1-2-4-18-10-13-8(12-9(11)14-10)7(6-16)17-5-3-15/h7,15-16H,2-6H2,1H3. The van der Waals surface area contributed by atoms with Crippen LogP contribution in [-0.2, 0) is 4.74 Å². The van der Waals surface area contributed by atoms with E-state index >= 15 is 0 Å². The first kappa shape index (κ1) is 15.0. The van der Waals surface area contributed by atoms with E-state index in [9.17, 15) is 5.11 Å². The summed E-state index contributed by atoms with van der Waals surface area (Å²) in [4.78, 5) is 11.7. The van der Waals surface area contributed by atoms with Crippen LogP contribution in [0, 0.1) is 0 Å². The minimum absolute atomic E-state index is 0.0304. The van der Waals surface area contributed by atoms with Crippen LogP contribution in [0.15, 0.2) is 0 Å². The number of aliphatic hydroxyl groups excluding tert-OH is 2. The molecule has 1 heterocycles. The van der Waals surface area contributed by atoms with Crippen LogP contribution in [0.5, 0.6) is 6.01 Å². The molecule has 0 aromatic carbocycles. The van der Waals surface area contributed by atoms with E-state index in [0.29, 0.717) is 6.61 Å². The highest BCUT2D eigenvalue weighted by atomic mass is 35.5. The second-order valence-corrected chi connectivity index (χ2v) is 3.70. The van der Waals surface area contributed by atoms with Crippen molar-refractivity contribution >= 4 is 11.6 Å². The van der Waals surface area contributed by atoms with Gasteiger partial charge in [0.15, 0.2) is 5.82 Å². The largest absolute Gasteiger partial charge is 0.463 e. The predicted octanol–water partition coefficient (Wildman–Crippen LogP) is 0.356. The summed E-state index contributed by atoms with van der Waals surface area (Å²) in [7, 11) is 0. The summed E-state index contributed by atoms with van der Waals surface area (Å²) >= 11 is 5.74. The first-order chi connectivity index (χ1) is 8.71. The molecule has 102 valence electrons. The molecule has 0 saturated heterocycles. The zero-order chi connectivity index (χ0) is 13.4. The van der Waals surface area contributed by atoms with Crippen molar-refractivity contribution in [2.75, 3.05) is 26.4 Å². The first-order valence-electron chi connectivity index (χ1n) is 5.58. The number of aliphatic hydroxyl groups is 2. The molecular formula is C10H16ClN3O4. The molecule has 0 aliphatic carbocycles. The Bertz CT molecular complexity index is 367. The third-order valence-electron chi connectivity index (χ3n) is 1.90. The Labute approximate surface area is 110 Å². The number of halogens is 1. The van der Waals surface area contributed by atoms with Crippen molar-refractivity contribution in [1.82, 2.24) is 15.0 Å². The molecule has 2 N–H and O–H groups in total. The van der Waals surface area contributed by atoms with Crippen molar-refractivity contribution in [2.24, 2.45) is 0 Å². The predicted molar refractivity (Wildman–Crippen MR) is 63.5 cm³/mol. The van der Waals surface area contributed by atoms with Gasteiger partial charge in [0.25, 0.3) is 0 Å². The van der Waals surface area contributed by atoms with Crippen molar-refractivity contribution in [1.29, 1.82) is 0 Å². The minimum atomic E-state index is -0.762. The van der Waals surface area contributed by atoms with Gasteiger partial charge in [0, 0.05) is 0 Å². The number of hydrogen-bond acceptors (Lipinski definition) is 7. The lowest BCUT2D eigenvalue weighted by molar-refractivity contribution is -0.00991. The zero-order valence-corrected chi connectivity index (χ0v) is 10.8. The Morgan fingerprint density at radius 2 is 2.00 bits per heavy atom. The van der Waals surface area contributed by atoms with Gasteiger partial charge in [0.1, 0.15) is 6.10 Å². The number of hydrogen-bond donors (Lipinski definition) is 2. The van der Waals surface area contributed by atoms with Crippen LogP contribution in [0.25, 0.3) is 0 Å². The Kier molecular flexibility index (Phi) is 6.81. The molecule has 1 atom stereocenters. The average Bonchev–Trinajstić information content (AvgIpc) is 2.37. The molecule has 0 radical (unpaired) electrons. The summed E-state index contributed by atoms with van der Waals surface area (Å²) in [5.74, 6) is 0.178. The molecule has 0 aliphatic heterocycles. The normalized spacial score (nSPS) is 12.4. The Morgan fingerprint density at radius 3 is 2.61 bits per heavy atom. The zero-order valence-electron chi connectivity index (χ0n) is 10.0. The summed E-state index contributed by atoms with van der Waals surface area (Å²) in [5, 5.41) is 17.8. The van der Waals surface area contributed by atoms with Crippen LogP contribution in [-0.4, -0.2) is 51.6 Å². The van der Waals surface area contributed by atoms with E-state index in [1.54, 1.807) is 0 Å². The number of aromatic nitrogens is 3. The van der Waals surface area contributed by atoms with Crippen molar-refractivity contribution in [3.63, 3.8) is 0 Å². The smallest absolute Gasteiger partial charge is 0.321 e. The third-order valence-corrected chi connectivity index (χ3v) is 2.07. The topological polar surface area (TPSA) is 97.6 Å². The Hall–Kier alpha value is -1.02. The van der Waals surface area contributed by atoms with Crippen molar-refractivity contribution < 1.29 is 19.7 Å². The fourth-order valence-corrected chi connectivity index (χ4v) is 1.31. The van der Waals surface area contributed by atoms with Crippen molar-refractivity contribution in [3.05, 3.63) is 11.1 Å². The molecule has 0 spiro atoms. The molecule has 0 amide bonds. The molecule has 8 heteroatoms. The van der Waals surface area contributed by atoms with Gasteiger partial charge in [-0.3, -0.25) is 0 Å². The van der Waals surface area contributed by atoms with Crippen LogP contribution >= 0.6 is 11.6 Å². The lowest BCUT2D eigenvalue weighted by Gasteiger charge is -2.14. The highest BCUT2D eigenvalue weighted by Gasteiger charge is 2.17. The van der Waals surface area contributed by atoms with Gasteiger partial charge in [-0.1, -0.05) is 6.92 Å². The maximum absolute atomic E-state index is 9.17. The summed E-state index contributed by atoms with van der Waals surface area (Å²) in [6, 6.07) is 0.0953. The van der Waals surface area contributed by atoms with E-state index in [4.69, 9.17) is 26.2 Å². The molecule has 1 unspecified atom stereocenters. The van der Waals surface area contributed by atoms with Gasteiger partial charge in [-0.05, 0) is 18.0 Å². The van der Waals surface area contributed by atoms with Gasteiger partial charge in [-0.15, -0.1) is 0 Å². The summed E-state index contributed by atoms with van der Waals surface area (Å²) in [5.41, 5.74) is 0. The molecule has 0 saturated carbocycles. The van der Waals surface area contributed by atoms with Crippen molar-refractivity contribution in [2.45, 2.75) is 19.4 Å². The fraction of sp³-hybridized carbons (Fsp3) is 0.700. The first-order valence-corrected chi connectivity index (χ1v) is 5.96. The fourth-order valence-electron chi connectivity index (χ4n) is 1.15. The highest BCUT2D eigenvalue weighted by Crippen LogP contribution is 2.17. The number of rotatable bonds is 8. The summed E-state index contributed by atoms with van der Waals surface area (Å²) in [6.07, 6.45) is 0.0462. The molecule has 1 aromatic rings. The monoisotopic (exact) mass is 277 g/mol. The molecule has 0 fully saturated rings. The van der Waals surface area contributed by atoms with Gasteiger partial charge < -0.3 is 19.7 Å². The highest BCUT2D eigenvalue weighted by molar-refractivity contribution is 6.28. The van der Waals surface area contributed by atoms with E-state index in [-0.39, 0.29) is 36.9 Å². The van der Waals surface area contributed by atoms with E-state index in [0.717, 1.165) is 6.42 Å². The second kappa shape index (κ2) is 8.15. The molecular weight excluding hydrogens is 262 g/mol. The Balaban J connectivity index is 2.81. The van der Waals surface area contributed by atoms with Crippen LogP contribution in [0.2, 0.25) is 5.28 Å². The molecule has 7 nitrogen and oxygen atoms in total. The molecule has 1 aromatic heterocycles. The van der Waals surface area contributed by atoms with Gasteiger partial charge in [-0.25, -0.2) is 0 Å². The SMILES string of the molecule is CCCOc1nc(Cl)nc(C(CO)OCCO)n1. The quantitative estimate of drug-likeness (QED) is 0.708. The van der Waals surface area contributed by atoms with Crippen LogP contribution in [0.4, 0.5) is 0 Å². The maximum atomic E-state index is 9.17. The maximum Gasteiger partial charge on any atom is 0.321 e.